The summed E-state index contributed by atoms with van der Waals surface area (Å²) in [6.45, 7) is 2.35. The average Bonchev–Trinajstić information content (AvgIpc) is 2.01. The maximum Gasteiger partial charge on any atom is 0.243 e. The number of nitrogens with one attached hydrogen (secondary N) is 1. The number of amides is 1. The molecule has 4 heteroatoms. The molecule has 0 aromatic rings. The molecule has 3 nitrogen and oxygen atoms in total. The number of hydrogen-bond donors (Lipinski definition) is 1. The molecule has 0 radical (unpaired) electrons. The molecule has 0 aliphatic heterocycles. The zero-order valence-electron chi connectivity index (χ0n) is 6.73. The molecule has 0 aromatic heterocycles. The minimum Gasteiger partial charge on any atom is -0.274 e. The molecule has 0 bridgehead atoms. The van der Waals surface area contributed by atoms with Gasteiger partial charge >= 0.3 is 0 Å². The summed E-state index contributed by atoms with van der Waals surface area (Å²) < 4.78 is 0. The largest absolute Gasteiger partial charge is 0.274 e. The van der Waals surface area contributed by atoms with Crippen molar-refractivity contribution < 1.29 is 9.63 Å². The van der Waals surface area contributed by atoms with Crippen LogP contribution in [0.3, 0.4) is 0 Å². The van der Waals surface area contributed by atoms with Gasteiger partial charge in [0.2, 0.25) is 5.91 Å². The number of carbonyl (C=O) groups is 1. The van der Waals surface area contributed by atoms with Crippen LogP contribution in [0.15, 0.2) is 0 Å². The van der Waals surface area contributed by atoms with Crippen molar-refractivity contribution in [2.24, 2.45) is 0 Å². The second kappa shape index (κ2) is 8.01. The summed E-state index contributed by atoms with van der Waals surface area (Å²) in [6.07, 6.45) is 2.48. The first-order chi connectivity index (χ1) is 5.31. The molecular weight excluding hydrogens is 210 g/mol. The van der Waals surface area contributed by atoms with Gasteiger partial charge in [-0.3, -0.25) is 9.63 Å². The fourth-order valence-electron chi connectivity index (χ4n) is 0.584. The van der Waals surface area contributed by atoms with Gasteiger partial charge in [0.25, 0.3) is 0 Å². The summed E-state index contributed by atoms with van der Waals surface area (Å²) in [7, 11) is 0. The Morgan fingerprint density at radius 1 is 1.55 bits per heavy atom. The monoisotopic (exact) mass is 223 g/mol. The van der Waals surface area contributed by atoms with Crippen LogP contribution in [0.2, 0.25) is 0 Å². The van der Waals surface area contributed by atoms with Gasteiger partial charge in [-0.15, -0.1) is 0 Å². The van der Waals surface area contributed by atoms with Crippen LogP contribution in [0, 0.1) is 0 Å². The zero-order chi connectivity index (χ0) is 8.53. The molecule has 0 spiro atoms. The van der Waals surface area contributed by atoms with E-state index in [1.165, 1.54) is 0 Å². The highest BCUT2D eigenvalue weighted by molar-refractivity contribution is 9.09. The number of alkyl halides is 1. The van der Waals surface area contributed by atoms with Gasteiger partial charge in [0, 0.05) is 11.8 Å². The van der Waals surface area contributed by atoms with E-state index in [9.17, 15) is 4.79 Å². The lowest BCUT2D eigenvalue weighted by atomic mass is 10.2. The second-order valence-corrected chi connectivity index (χ2v) is 2.90. The summed E-state index contributed by atoms with van der Waals surface area (Å²) in [5, 5.41) is 0.953. The Morgan fingerprint density at radius 3 is 2.82 bits per heavy atom. The number of unbranched alkanes of at least 4 members (excludes halogenated alkanes) is 1. The van der Waals surface area contributed by atoms with Crippen molar-refractivity contribution >= 4 is 21.8 Å². The molecular formula is C7H14BrNO2. The topological polar surface area (TPSA) is 38.3 Å². The molecule has 0 saturated heterocycles. The standard InChI is InChI=1S/C7H14BrNO2/c1-2-11-9-7(10)5-3-4-6-8/h2-6H2,1H3,(H,9,10). The predicted octanol–water partition coefficient (Wildman–Crippen LogP) is 1.62. The van der Waals surface area contributed by atoms with Crippen molar-refractivity contribution in [2.75, 3.05) is 11.9 Å². The highest BCUT2D eigenvalue weighted by Gasteiger charge is 1.98. The Bertz CT molecular complexity index is 109. The molecule has 0 saturated carbocycles. The molecule has 1 amide bonds. The van der Waals surface area contributed by atoms with Gasteiger partial charge in [-0.25, -0.2) is 5.48 Å². The summed E-state index contributed by atoms with van der Waals surface area (Å²) >= 11 is 3.29. The summed E-state index contributed by atoms with van der Waals surface area (Å²) in [4.78, 5) is 15.5. The second-order valence-electron chi connectivity index (χ2n) is 2.10. The molecule has 0 unspecified atom stereocenters. The highest BCUT2D eigenvalue weighted by atomic mass is 79.9. The third kappa shape index (κ3) is 7.81. The molecule has 0 aromatic carbocycles. The van der Waals surface area contributed by atoms with Gasteiger partial charge < -0.3 is 0 Å². The number of carbonyl (C=O) groups excluding carboxylic acids is 1. The number of halogens is 1. The minimum absolute atomic E-state index is 0.0344. The van der Waals surface area contributed by atoms with Gasteiger partial charge in [0.15, 0.2) is 0 Å². The first-order valence-electron chi connectivity index (χ1n) is 3.77. The van der Waals surface area contributed by atoms with Crippen molar-refractivity contribution in [3.05, 3.63) is 0 Å². The lowest BCUT2D eigenvalue weighted by Gasteiger charge is -2.01. The first kappa shape index (κ1) is 10.9. The Labute approximate surface area is 75.6 Å². The SMILES string of the molecule is CCONC(=O)CCCCBr. The van der Waals surface area contributed by atoms with Crippen LogP contribution < -0.4 is 5.48 Å². The number of hydroxylamine groups is 1. The Hall–Kier alpha value is -0.0900. The van der Waals surface area contributed by atoms with Gasteiger partial charge in [0.1, 0.15) is 0 Å². The molecule has 0 atom stereocenters. The van der Waals surface area contributed by atoms with Crippen molar-refractivity contribution in [3.63, 3.8) is 0 Å². The smallest absolute Gasteiger partial charge is 0.243 e. The number of rotatable bonds is 6. The van der Waals surface area contributed by atoms with Crippen LogP contribution in [0.4, 0.5) is 0 Å². The van der Waals surface area contributed by atoms with Crippen LogP contribution in [0.25, 0.3) is 0 Å². The molecule has 1 N–H and O–H groups in total. The van der Waals surface area contributed by atoms with E-state index >= 15 is 0 Å². The van der Waals surface area contributed by atoms with Crippen LogP contribution in [-0.4, -0.2) is 17.8 Å². The van der Waals surface area contributed by atoms with E-state index in [0.29, 0.717) is 13.0 Å². The van der Waals surface area contributed by atoms with E-state index in [4.69, 9.17) is 4.84 Å². The molecule has 0 aliphatic rings. The molecule has 0 heterocycles. The average molecular weight is 224 g/mol. The number of hydrogen-bond acceptors (Lipinski definition) is 2. The molecule has 0 aliphatic carbocycles. The van der Waals surface area contributed by atoms with Gasteiger partial charge in [0.05, 0.1) is 6.61 Å². The normalized spacial score (nSPS) is 9.64. The fourth-order valence-corrected chi connectivity index (χ4v) is 0.980. The maximum absolute atomic E-state index is 10.8. The fraction of sp³-hybridized carbons (Fsp3) is 0.857. The van der Waals surface area contributed by atoms with Crippen molar-refractivity contribution in [1.82, 2.24) is 5.48 Å². The van der Waals surface area contributed by atoms with Crippen molar-refractivity contribution in [2.45, 2.75) is 26.2 Å². The van der Waals surface area contributed by atoms with E-state index in [1.54, 1.807) is 0 Å². The van der Waals surface area contributed by atoms with E-state index in [-0.39, 0.29) is 5.91 Å². The van der Waals surface area contributed by atoms with Gasteiger partial charge in [-0.2, -0.15) is 0 Å². The zero-order valence-corrected chi connectivity index (χ0v) is 8.32. The molecule has 0 fully saturated rings. The summed E-state index contributed by atoms with van der Waals surface area (Å²) in [6, 6.07) is 0. The predicted molar refractivity (Wildman–Crippen MR) is 47.4 cm³/mol. The lowest BCUT2D eigenvalue weighted by molar-refractivity contribution is -0.133. The van der Waals surface area contributed by atoms with E-state index in [1.807, 2.05) is 6.92 Å². The third-order valence-electron chi connectivity index (χ3n) is 1.12. The Kier molecular flexibility index (Phi) is 7.95. The minimum atomic E-state index is -0.0344. The van der Waals surface area contributed by atoms with Crippen LogP contribution in [0.5, 0.6) is 0 Å². The van der Waals surface area contributed by atoms with E-state index in [2.05, 4.69) is 21.4 Å². The summed E-state index contributed by atoms with van der Waals surface area (Å²) in [5.74, 6) is -0.0344. The summed E-state index contributed by atoms with van der Waals surface area (Å²) in [5.41, 5.74) is 2.34. The van der Waals surface area contributed by atoms with Gasteiger partial charge in [-0.05, 0) is 19.8 Å². The maximum atomic E-state index is 10.8. The molecule has 11 heavy (non-hydrogen) atoms. The van der Waals surface area contributed by atoms with Crippen LogP contribution in [-0.2, 0) is 9.63 Å². The first-order valence-corrected chi connectivity index (χ1v) is 4.90. The van der Waals surface area contributed by atoms with Gasteiger partial charge in [-0.1, -0.05) is 15.9 Å². The molecule has 66 valence electrons. The Balaban J connectivity index is 3.09. The van der Waals surface area contributed by atoms with E-state index in [0.717, 1.165) is 18.2 Å². The third-order valence-corrected chi connectivity index (χ3v) is 1.68. The molecule has 0 rings (SSSR count). The van der Waals surface area contributed by atoms with Crippen molar-refractivity contribution in [1.29, 1.82) is 0 Å². The van der Waals surface area contributed by atoms with E-state index < -0.39 is 0 Å². The van der Waals surface area contributed by atoms with Crippen LogP contribution in [0.1, 0.15) is 26.2 Å². The van der Waals surface area contributed by atoms with Crippen LogP contribution >= 0.6 is 15.9 Å². The van der Waals surface area contributed by atoms with Crippen molar-refractivity contribution in [3.8, 4) is 0 Å². The Morgan fingerprint density at radius 2 is 2.27 bits per heavy atom. The lowest BCUT2D eigenvalue weighted by Crippen LogP contribution is -2.23. The quantitative estimate of drug-likeness (QED) is 0.423. The highest BCUT2D eigenvalue weighted by Crippen LogP contribution is 1.97.